The van der Waals surface area contributed by atoms with E-state index in [-0.39, 0.29) is 5.91 Å². The summed E-state index contributed by atoms with van der Waals surface area (Å²) in [5.41, 5.74) is 3.40. The van der Waals surface area contributed by atoms with Crippen LogP contribution < -0.4 is 14.4 Å². The number of hydrogen-bond donors (Lipinski definition) is 0. The number of ether oxygens (including phenoxy) is 2. The Morgan fingerprint density at radius 3 is 2.78 bits per heavy atom. The van der Waals surface area contributed by atoms with Gasteiger partial charge in [0.15, 0.2) is 0 Å². The summed E-state index contributed by atoms with van der Waals surface area (Å²) in [7, 11) is 1.68. The zero-order chi connectivity index (χ0) is 18.6. The van der Waals surface area contributed by atoms with Crippen LogP contribution in [0.2, 0.25) is 0 Å². The smallest absolute Gasteiger partial charge is 0.246 e. The normalized spacial score (nSPS) is 16.3. The number of hydrogen-bond acceptors (Lipinski definition) is 4. The quantitative estimate of drug-likeness (QED) is 0.782. The van der Waals surface area contributed by atoms with Crippen molar-refractivity contribution in [2.75, 3.05) is 44.8 Å². The first kappa shape index (κ1) is 17.5. The van der Waals surface area contributed by atoms with Crippen molar-refractivity contribution < 1.29 is 14.3 Å². The molecule has 2 heterocycles. The summed E-state index contributed by atoms with van der Waals surface area (Å²) in [4.78, 5) is 16.7. The molecule has 2 aromatic carbocycles. The Hall–Kier alpha value is -2.95. The van der Waals surface area contributed by atoms with E-state index in [4.69, 9.17) is 9.47 Å². The van der Waals surface area contributed by atoms with Gasteiger partial charge in [-0.1, -0.05) is 12.1 Å². The Bertz CT molecular complexity index is 854. The molecule has 140 valence electrons. The minimum absolute atomic E-state index is 0.0667. The number of benzene rings is 2. The lowest BCUT2D eigenvalue weighted by atomic mass is 10.1. The predicted octanol–water partition coefficient (Wildman–Crippen LogP) is 2.99. The number of piperazine rings is 1. The maximum absolute atomic E-state index is 12.5. The molecule has 0 saturated carbocycles. The average Bonchev–Trinajstić information content (AvgIpc) is 3.20. The fourth-order valence-corrected chi connectivity index (χ4v) is 3.58. The van der Waals surface area contributed by atoms with Crippen molar-refractivity contribution in [3.05, 3.63) is 59.7 Å². The zero-order valence-electron chi connectivity index (χ0n) is 15.6. The van der Waals surface area contributed by atoms with E-state index in [0.717, 1.165) is 62.0 Å². The third-order valence-electron chi connectivity index (χ3n) is 5.14. The van der Waals surface area contributed by atoms with E-state index >= 15 is 0 Å². The molecule has 0 atom stereocenters. The van der Waals surface area contributed by atoms with Crippen molar-refractivity contribution in [1.82, 2.24) is 4.90 Å². The summed E-state index contributed by atoms with van der Waals surface area (Å²) in [6.45, 7) is 3.84. The molecule has 0 aromatic heterocycles. The van der Waals surface area contributed by atoms with Crippen LogP contribution in [0, 0.1) is 0 Å². The van der Waals surface area contributed by atoms with E-state index in [0.29, 0.717) is 0 Å². The third kappa shape index (κ3) is 3.92. The monoisotopic (exact) mass is 364 g/mol. The molecule has 0 aliphatic carbocycles. The van der Waals surface area contributed by atoms with Crippen LogP contribution in [0.15, 0.2) is 48.5 Å². The fourth-order valence-electron chi connectivity index (χ4n) is 3.58. The molecule has 2 aliphatic heterocycles. The highest BCUT2D eigenvalue weighted by molar-refractivity contribution is 5.92. The molecule has 27 heavy (non-hydrogen) atoms. The molecule has 5 nitrogen and oxygen atoms in total. The van der Waals surface area contributed by atoms with E-state index < -0.39 is 0 Å². The standard InChI is InChI=1S/C22H24N2O3/c1-26-20-4-2-3-19(16-20)23-10-12-24(13-11-23)22(25)8-6-17-5-7-21-18(15-17)9-14-27-21/h2-8,15-16H,9-14H2,1H3/b8-6+. The van der Waals surface area contributed by atoms with E-state index in [1.54, 1.807) is 13.2 Å². The van der Waals surface area contributed by atoms with E-state index in [1.807, 2.05) is 41.3 Å². The van der Waals surface area contributed by atoms with Gasteiger partial charge in [0.1, 0.15) is 11.5 Å². The van der Waals surface area contributed by atoms with Crippen LogP contribution >= 0.6 is 0 Å². The second kappa shape index (κ2) is 7.74. The van der Waals surface area contributed by atoms with Crippen LogP contribution in [-0.2, 0) is 11.2 Å². The first-order valence-electron chi connectivity index (χ1n) is 9.35. The van der Waals surface area contributed by atoms with Gasteiger partial charge in [0, 0.05) is 50.4 Å². The SMILES string of the molecule is COc1cccc(N2CCN(C(=O)/C=C/c3ccc4c(c3)CCO4)CC2)c1. The molecule has 2 aromatic rings. The summed E-state index contributed by atoms with van der Waals surface area (Å²) in [5.74, 6) is 1.89. The van der Waals surface area contributed by atoms with Crippen molar-refractivity contribution in [3.8, 4) is 11.5 Å². The third-order valence-corrected chi connectivity index (χ3v) is 5.14. The van der Waals surface area contributed by atoms with Gasteiger partial charge in [0.2, 0.25) is 5.91 Å². The van der Waals surface area contributed by atoms with Gasteiger partial charge in [0.05, 0.1) is 13.7 Å². The lowest BCUT2D eigenvalue weighted by molar-refractivity contribution is -0.126. The first-order valence-corrected chi connectivity index (χ1v) is 9.35. The van der Waals surface area contributed by atoms with Gasteiger partial charge in [-0.3, -0.25) is 4.79 Å². The maximum Gasteiger partial charge on any atom is 0.246 e. The molecule has 2 aliphatic rings. The zero-order valence-corrected chi connectivity index (χ0v) is 15.6. The van der Waals surface area contributed by atoms with Crippen molar-refractivity contribution in [3.63, 3.8) is 0 Å². The Morgan fingerprint density at radius 1 is 1.11 bits per heavy atom. The average molecular weight is 364 g/mol. The van der Waals surface area contributed by atoms with Crippen LogP contribution in [0.25, 0.3) is 6.08 Å². The summed E-state index contributed by atoms with van der Waals surface area (Å²) in [6, 6.07) is 14.1. The van der Waals surface area contributed by atoms with Crippen molar-refractivity contribution in [1.29, 1.82) is 0 Å². The second-order valence-corrected chi connectivity index (χ2v) is 6.81. The van der Waals surface area contributed by atoms with Crippen LogP contribution in [0.5, 0.6) is 11.5 Å². The molecule has 1 fully saturated rings. The van der Waals surface area contributed by atoms with Crippen molar-refractivity contribution in [2.45, 2.75) is 6.42 Å². The van der Waals surface area contributed by atoms with Gasteiger partial charge in [-0.15, -0.1) is 0 Å². The van der Waals surface area contributed by atoms with Crippen molar-refractivity contribution >= 4 is 17.7 Å². The lowest BCUT2D eigenvalue weighted by Gasteiger charge is -2.35. The van der Waals surface area contributed by atoms with Gasteiger partial charge >= 0.3 is 0 Å². The summed E-state index contributed by atoms with van der Waals surface area (Å²) >= 11 is 0. The molecule has 0 bridgehead atoms. The molecule has 5 heteroatoms. The number of amides is 1. The van der Waals surface area contributed by atoms with Crippen LogP contribution in [-0.4, -0.2) is 50.7 Å². The van der Waals surface area contributed by atoms with Gasteiger partial charge in [-0.05, 0) is 41.5 Å². The minimum Gasteiger partial charge on any atom is -0.497 e. The predicted molar refractivity (Wildman–Crippen MR) is 106 cm³/mol. The molecular formula is C22H24N2O3. The second-order valence-electron chi connectivity index (χ2n) is 6.81. The van der Waals surface area contributed by atoms with E-state index in [1.165, 1.54) is 5.56 Å². The Morgan fingerprint density at radius 2 is 1.96 bits per heavy atom. The minimum atomic E-state index is 0.0667. The Labute approximate surface area is 159 Å². The number of carbonyl (C=O) groups is 1. The molecular weight excluding hydrogens is 340 g/mol. The van der Waals surface area contributed by atoms with Crippen LogP contribution in [0.4, 0.5) is 5.69 Å². The number of nitrogens with zero attached hydrogens (tertiary/aromatic N) is 2. The molecule has 0 radical (unpaired) electrons. The topological polar surface area (TPSA) is 42.0 Å². The highest BCUT2D eigenvalue weighted by atomic mass is 16.5. The van der Waals surface area contributed by atoms with Gasteiger partial charge in [-0.2, -0.15) is 0 Å². The number of rotatable bonds is 4. The number of fused-ring (bicyclic) bond motifs is 1. The molecule has 1 saturated heterocycles. The van der Waals surface area contributed by atoms with Crippen LogP contribution in [0.3, 0.4) is 0 Å². The Balaban J connectivity index is 1.34. The number of methoxy groups -OCH3 is 1. The molecule has 0 spiro atoms. The largest absolute Gasteiger partial charge is 0.497 e. The van der Waals surface area contributed by atoms with Crippen LogP contribution in [0.1, 0.15) is 11.1 Å². The number of carbonyl (C=O) groups excluding carboxylic acids is 1. The van der Waals surface area contributed by atoms with Gasteiger partial charge < -0.3 is 19.3 Å². The summed E-state index contributed by atoms with van der Waals surface area (Å²) in [5, 5.41) is 0. The van der Waals surface area contributed by atoms with Gasteiger partial charge in [-0.25, -0.2) is 0 Å². The summed E-state index contributed by atoms with van der Waals surface area (Å²) in [6.07, 6.45) is 4.52. The molecule has 1 amide bonds. The molecule has 0 N–H and O–H groups in total. The molecule has 0 unspecified atom stereocenters. The highest BCUT2D eigenvalue weighted by Gasteiger charge is 2.20. The summed E-state index contributed by atoms with van der Waals surface area (Å²) < 4.78 is 10.8. The first-order chi connectivity index (χ1) is 13.2. The van der Waals surface area contributed by atoms with E-state index in [9.17, 15) is 4.79 Å². The van der Waals surface area contributed by atoms with Crippen molar-refractivity contribution in [2.24, 2.45) is 0 Å². The lowest BCUT2D eigenvalue weighted by Crippen LogP contribution is -2.48. The van der Waals surface area contributed by atoms with Gasteiger partial charge in [0.25, 0.3) is 0 Å². The number of anilines is 1. The molecule has 4 rings (SSSR count). The van der Waals surface area contributed by atoms with E-state index in [2.05, 4.69) is 17.0 Å². The fraction of sp³-hybridized carbons (Fsp3) is 0.318. The maximum atomic E-state index is 12.5. The highest BCUT2D eigenvalue weighted by Crippen LogP contribution is 2.26. The Kier molecular flexibility index (Phi) is 5.01.